The Balaban J connectivity index is 2.41. The van der Waals surface area contributed by atoms with E-state index >= 15 is 0 Å². The van der Waals surface area contributed by atoms with Crippen LogP contribution >= 0.6 is 0 Å². The molecule has 0 aromatic heterocycles. The molecule has 0 saturated carbocycles. The van der Waals surface area contributed by atoms with E-state index in [4.69, 9.17) is 5.11 Å². The van der Waals surface area contributed by atoms with E-state index in [1.807, 2.05) is 13.8 Å². The van der Waals surface area contributed by atoms with Crippen LogP contribution < -0.4 is 5.32 Å². The zero-order valence-corrected chi connectivity index (χ0v) is 12.7. The summed E-state index contributed by atoms with van der Waals surface area (Å²) in [5.74, 6) is -0.789. The predicted octanol–water partition coefficient (Wildman–Crippen LogP) is 1.87. The van der Waals surface area contributed by atoms with Gasteiger partial charge >= 0.3 is 5.97 Å². The topological polar surface area (TPSA) is 69.6 Å². The zero-order chi connectivity index (χ0) is 15.0. The number of likely N-dealkylation sites (tertiary alicyclic amines) is 1. The first-order valence-electron chi connectivity index (χ1n) is 7.72. The van der Waals surface area contributed by atoms with Crippen LogP contribution in [-0.4, -0.2) is 47.6 Å². The summed E-state index contributed by atoms with van der Waals surface area (Å²) in [5, 5.41) is 11.7. The van der Waals surface area contributed by atoms with Gasteiger partial charge in [0, 0.05) is 6.04 Å². The van der Waals surface area contributed by atoms with Crippen molar-refractivity contribution in [3.05, 3.63) is 0 Å². The monoisotopic (exact) mass is 284 g/mol. The quantitative estimate of drug-likeness (QED) is 0.781. The molecule has 5 nitrogen and oxygen atoms in total. The van der Waals surface area contributed by atoms with Crippen molar-refractivity contribution in [3.8, 4) is 0 Å². The number of hydrogen-bond donors (Lipinski definition) is 2. The Morgan fingerprint density at radius 3 is 2.15 bits per heavy atom. The van der Waals surface area contributed by atoms with Gasteiger partial charge in [-0.2, -0.15) is 0 Å². The lowest BCUT2D eigenvalue weighted by Crippen LogP contribution is -2.45. The molecule has 1 aliphatic heterocycles. The van der Waals surface area contributed by atoms with E-state index in [9.17, 15) is 9.59 Å². The lowest BCUT2D eigenvalue weighted by Gasteiger charge is -2.26. The van der Waals surface area contributed by atoms with Gasteiger partial charge in [-0.3, -0.25) is 14.5 Å². The van der Waals surface area contributed by atoms with Gasteiger partial charge in [0.2, 0.25) is 5.91 Å². The number of nitrogens with zero attached hydrogens (tertiary/aromatic N) is 1. The van der Waals surface area contributed by atoms with Crippen molar-refractivity contribution in [3.63, 3.8) is 0 Å². The van der Waals surface area contributed by atoms with Crippen LogP contribution in [0, 0.1) is 5.92 Å². The van der Waals surface area contributed by atoms with Gasteiger partial charge < -0.3 is 10.4 Å². The second-order valence-corrected chi connectivity index (χ2v) is 6.06. The van der Waals surface area contributed by atoms with Crippen LogP contribution in [0.15, 0.2) is 0 Å². The number of amides is 1. The van der Waals surface area contributed by atoms with Crippen molar-refractivity contribution in [1.29, 1.82) is 0 Å². The largest absolute Gasteiger partial charge is 0.481 e. The third kappa shape index (κ3) is 6.89. The van der Waals surface area contributed by atoms with Gasteiger partial charge in [-0.1, -0.05) is 33.1 Å². The molecule has 0 spiro atoms. The summed E-state index contributed by atoms with van der Waals surface area (Å²) in [6.07, 6.45) is 6.07. The second kappa shape index (κ2) is 8.95. The minimum atomic E-state index is -0.865. The maximum Gasteiger partial charge on any atom is 0.305 e. The highest BCUT2D eigenvalue weighted by Gasteiger charge is 2.20. The minimum absolute atomic E-state index is 0.0105. The van der Waals surface area contributed by atoms with Crippen LogP contribution in [0.1, 0.15) is 52.4 Å². The first kappa shape index (κ1) is 17.0. The molecule has 1 amide bonds. The van der Waals surface area contributed by atoms with Gasteiger partial charge in [0.05, 0.1) is 13.0 Å². The van der Waals surface area contributed by atoms with E-state index in [0.29, 0.717) is 6.54 Å². The highest BCUT2D eigenvalue weighted by Crippen LogP contribution is 2.10. The van der Waals surface area contributed by atoms with Gasteiger partial charge in [-0.15, -0.1) is 0 Å². The average Bonchev–Trinajstić information content (AvgIpc) is 2.31. The molecule has 0 aliphatic carbocycles. The SMILES string of the molecule is CC(C)[C@@H](CC(=O)O)NC(=O)CN1CCCCCCC1. The lowest BCUT2D eigenvalue weighted by atomic mass is 10.0. The fourth-order valence-electron chi connectivity index (χ4n) is 2.57. The van der Waals surface area contributed by atoms with Crippen LogP contribution in [0.4, 0.5) is 0 Å². The number of carboxylic acid groups (broad SMARTS) is 1. The summed E-state index contributed by atoms with van der Waals surface area (Å²) in [5.41, 5.74) is 0. The highest BCUT2D eigenvalue weighted by molar-refractivity contribution is 5.79. The van der Waals surface area contributed by atoms with Gasteiger partial charge in [-0.25, -0.2) is 0 Å². The van der Waals surface area contributed by atoms with Crippen molar-refractivity contribution in [2.24, 2.45) is 5.92 Å². The third-order valence-electron chi connectivity index (χ3n) is 3.86. The standard InChI is InChI=1S/C15H28N2O3/c1-12(2)13(10-15(19)20)16-14(18)11-17-8-6-4-3-5-7-9-17/h12-13H,3-11H2,1-2H3,(H,16,18)(H,19,20)/t13-/m1/s1. The van der Waals surface area contributed by atoms with Gasteiger partial charge in [0.15, 0.2) is 0 Å². The van der Waals surface area contributed by atoms with E-state index in [1.165, 1.54) is 19.3 Å². The predicted molar refractivity (Wildman–Crippen MR) is 78.5 cm³/mol. The van der Waals surface area contributed by atoms with E-state index in [-0.39, 0.29) is 24.3 Å². The fraction of sp³-hybridized carbons (Fsp3) is 0.867. The molecular formula is C15H28N2O3. The van der Waals surface area contributed by atoms with Crippen LogP contribution in [-0.2, 0) is 9.59 Å². The Bertz CT molecular complexity index is 310. The number of nitrogens with one attached hydrogen (secondary N) is 1. The Morgan fingerprint density at radius 1 is 1.10 bits per heavy atom. The van der Waals surface area contributed by atoms with Crippen molar-refractivity contribution >= 4 is 11.9 Å². The summed E-state index contributed by atoms with van der Waals surface area (Å²) in [7, 11) is 0. The highest BCUT2D eigenvalue weighted by atomic mass is 16.4. The molecule has 1 rings (SSSR count). The van der Waals surface area contributed by atoms with Crippen LogP contribution in [0.25, 0.3) is 0 Å². The van der Waals surface area contributed by atoms with E-state index in [1.54, 1.807) is 0 Å². The van der Waals surface area contributed by atoms with Gasteiger partial charge in [0.1, 0.15) is 0 Å². The molecule has 0 aromatic rings. The normalized spacial score (nSPS) is 19.1. The molecule has 1 heterocycles. The van der Waals surface area contributed by atoms with Crippen molar-refractivity contribution < 1.29 is 14.7 Å². The lowest BCUT2D eigenvalue weighted by molar-refractivity contribution is -0.138. The molecule has 0 bridgehead atoms. The molecule has 1 aliphatic rings. The summed E-state index contributed by atoms with van der Waals surface area (Å²) < 4.78 is 0. The molecule has 116 valence electrons. The van der Waals surface area contributed by atoms with Gasteiger partial charge in [-0.05, 0) is 31.8 Å². The molecule has 0 unspecified atom stereocenters. The zero-order valence-electron chi connectivity index (χ0n) is 12.7. The van der Waals surface area contributed by atoms with E-state index in [0.717, 1.165) is 25.9 Å². The number of aliphatic carboxylic acids is 1. The van der Waals surface area contributed by atoms with Gasteiger partial charge in [0.25, 0.3) is 0 Å². The number of rotatable bonds is 6. The second-order valence-electron chi connectivity index (χ2n) is 6.06. The number of hydrogen-bond acceptors (Lipinski definition) is 3. The maximum absolute atomic E-state index is 12.1. The fourth-order valence-corrected chi connectivity index (χ4v) is 2.57. The molecule has 2 N–H and O–H groups in total. The molecule has 0 radical (unpaired) electrons. The van der Waals surface area contributed by atoms with E-state index < -0.39 is 5.97 Å². The Morgan fingerprint density at radius 2 is 1.65 bits per heavy atom. The molecule has 0 aromatic carbocycles. The Kier molecular flexibility index (Phi) is 7.59. The molecule has 5 heteroatoms. The summed E-state index contributed by atoms with van der Waals surface area (Å²) in [6.45, 7) is 6.20. The Hall–Kier alpha value is -1.10. The average molecular weight is 284 g/mol. The van der Waals surface area contributed by atoms with Crippen molar-refractivity contribution in [1.82, 2.24) is 10.2 Å². The Labute approximate surface area is 121 Å². The van der Waals surface area contributed by atoms with Crippen LogP contribution in [0.5, 0.6) is 0 Å². The van der Waals surface area contributed by atoms with Crippen molar-refractivity contribution in [2.75, 3.05) is 19.6 Å². The molecule has 20 heavy (non-hydrogen) atoms. The first-order valence-corrected chi connectivity index (χ1v) is 7.72. The number of carbonyl (C=O) groups excluding carboxylic acids is 1. The van der Waals surface area contributed by atoms with E-state index in [2.05, 4.69) is 10.2 Å². The molecule has 1 fully saturated rings. The number of carboxylic acids is 1. The first-order chi connectivity index (χ1) is 9.49. The third-order valence-corrected chi connectivity index (χ3v) is 3.86. The summed E-state index contributed by atoms with van der Waals surface area (Å²) in [6, 6.07) is -0.283. The summed E-state index contributed by atoms with van der Waals surface area (Å²) in [4.78, 5) is 25.1. The minimum Gasteiger partial charge on any atom is -0.481 e. The number of carbonyl (C=O) groups is 2. The molecular weight excluding hydrogens is 256 g/mol. The van der Waals surface area contributed by atoms with Crippen molar-refractivity contribution in [2.45, 2.75) is 58.4 Å². The molecule has 1 atom stereocenters. The van der Waals surface area contributed by atoms with Crippen LogP contribution in [0.2, 0.25) is 0 Å². The maximum atomic E-state index is 12.1. The summed E-state index contributed by atoms with van der Waals surface area (Å²) >= 11 is 0. The molecule has 1 saturated heterocycles. The smallest absolute Gasteiger partial charge is 0.305 e. The van der Waals surface area contributed by atoms with Crippen LogP contribution in [0.3, 0.4) is 0 Å².